The number of hydrogen-bond acceptors (Lipinski definition) is 2. The number of carbonyl (C=O) groups excluding carboxylic acids is 1. The van der Waals surface area contributed by atoms with E-state index in [2.05, 4.69) is 22.9 Å². The molecule has 2 aromatic carbocycles. The Balaban J connectivity index is 1.63. The van der Waals surface area contributed by atoms with E-state index in [1.807, 2.05) is 29.0 Å². The lowest BCUT2D eigenvalue weighted by Gasteiger charge is -2.10. The predicted molar refractivity (Wildman–Crippen MR) is 110 cm³/mol. The van der Waals surface area contributed by atoms with Crippen LogP contribution in [-0.4, -0.2) is 22.0 Å². The van der Waals surface area contributed by atoms with E-state index in [4.69, 9.17) is 23.2 Å². The Morgan fingerprint density at radius 2 is 2.11 bits per heavy atom. The number of imidazole rings is 1. The molecular weight excluding hydrogens is 381 g/mol. The lowest BCUT2D eigenvalue weighted by Crippen LogP contribution is -2.25. The van der Waals surface area contributed by atoms with Crippen molar-refractivity contribution in [2.75, 3.05) is 6.54 Å². The molecule has 3 aromatic rings. The van der Waals surface area contributed by atoms with Crippen LogP contribution in [0.3, 0.4) is 0 Å². The molecular formula is C21H18Cl2N3O. The highest BCUT2D eigenvalue weighted by atomic mass is 35.5. The molecule has 1 amide bonds. The van der Waals surface area contributed by atoms with Crippen molar-refractivity contribution in [1.82, 2.24) is 14.9 Å². The average Bonchev–Trinajstić information content (AvgIpc) is 3.18. The minimum Gasteiger partial charge on any atom is -0.352 e. The fraction of sp³-hybridized carbons (Fsp3) is 0.143. The summed E-state index contributed by atoms with van der Waals surface area (Å²) in [6.45, 7) is 5.26. The molecule has 27 heavy (non-hydrogen) atoms. The molecule has 0 bridgehead atoms. The Labute approximate surface area is 168 Å². The van der Waals surface area contributed by atoms with E-state index in [9.17, 15) is 4.79 Å². The molecule has 6 heteroatoms. The maximum Gasteiger partial charge on any atom is 0.251 e. The van der Waals surface area contributed by atoms with Gasteiger partial charge in [0, 0.05) is 46.7 Å². The van der Waals surface area contributed by atoms with Gasteiger partial charge in [-0.25, -0.2) is 4.98 Å². The van der Waals surface area contributed by atoms with E-state index in [1.54, 1.807) is 30.7 Å². The molecule has 4 nitrogen and oxygen atoms in total. The van der Waals surface area contributed by atoms with Gasteiger partial charge in [0.05, 0.1) is 6.33 Å². The molecule has 0 atom stereocenters. The average molecular weight is 399 g/mol. The minimum absolute atomic E-state index is 0.212. The molecule has 0 unspecified atom stereocenters. The van der Waals surface area contributed by atoms with Crippen molar-refractivity contribution in [3.05, 3.63) is 83.4 Å². The Bertz CT molecular complexity index is 952. The van der Waals surface area contributed by atoms with Crippen molar-refractivity contribution < 1.29 is 4.79 Å². The number of rotatable bonds is 7. The van der Waals surface area contributed by atoms with Crippen LogP contribution < -0.4 is 5.32 Å². The highest BCUT2D eigenvalue weighted by molar-refractivity contribution is 6.36. The lowest BCUT2D eigenvalue weighted by atomic mass is 9.99. The van der Waals surface area contributed by atoms with Gasteiger partial charge in [-0.15, -0.1) is 0 Å². The monoisotopic (exact) mass is 398 g/mol. The van der Waals surface area contributed by atoms with E-state index < -0.39 is 0 Å². The molecule has 1 aromatic heterocycles. The number of carbonyl (C=O) groups is 1. The van der Waals surface area contributed by atoms with Crippen molar-refractivity contribution in [3.8, 4) is 11.1 Å². The molecule has 0 spiro atoms. The number of amides is 1. The number of hydrogen-bond donors (Lipinski definition) is 1. The van der Waals surface area contributed by atoms with E-state index in [0.29, 0.717) is 27.7 Å². The maximum absolute atomic E-state index is 12.4. The number of benzene rings is 2. The Morgan fingerprint density at radius 1 is 1.26 bits per heavy atom. The molecule has 1 radical (unpaired) electrons. The molecule has 0 aliphatic heterocycles. The fourth-order valence-electron chi connectivity index (χ4n) is 2.64. The van der Waals surface area contributed by atoms with Crippen molar-refractivity contribution in [2.45, 2.75) is 13.0 Å². The van der Waals surface area contributed by atoms with E-state index in [1.165, 1.54) is 0 Å². The molecule has 0 saturated heterocycles. The van der Waals surface area contributed by atoms with E-state index >= 15 is 0 Å². The first-order valence-corrected chi connectivity index (χ1v) is 9.20. The number of halogens is 2. The van der Waals surface area contributed by atoms with Gasteiger partial charge < -0.3 is 9.88 Å². The molecule has 0 fully saturated rings. The Morgan fingerprint density at radius 3 is 2.85 bits per heavy atom. The van der Waals surface area contributed by atoms with Gasteiger partial charge in [0.15, 0.2) is 0 Å². The topological polar surface area (TPSA) is 46.9 Å². The number of nitrogens with zero attached hydrogens (tertiary/aromatic N) is 2. The summed E-state index contributed by atoms with van der Waals surface area (Å²) in [6.07, 6.45) is 6.18. The van der Waals surface area contributed by atoms with Gasteiger partial charge in [-0.05, 0) is 41.8 Å². The summed E-state index contributed by atoms with van der Waals surface area (Å²) in [5.41, 5.74) is 2.71. The van der Waals surface area contributed by atoms with Gasteiger partial charge in [0.1, 0.15) is 0 Å². The van der Waals surface area contributed by atoms with Crippen molar-refractivity contribution in [2.24, 2.45) is 0 Å². The third kappa shape index (κ3) is 5.00. The smallest absolute Gasteiger partial charge is 0.251 e. The highest BCUT2D eigenvalue weighted by Crippen LogP contribution is 2.31. The van der Waals surface area contributed by atoms with E-state index in [0.717, 1.165) is 24.1 Å². The summed E-state index contributed by atoms with van der Waals surface area (Å²) < 4.78 is 1.97. The summed E-state index contributed by atoms with van der Waals surface area (Å²) in [5.74, 6) is -0.212. The molecule has 0 saturated carbocycles. The normalized spacial score (nSPS) is 10.6. The molecule has 3 rings (SSSR count). The Hall–Kier alpha value is -2.56. The third-order valence-electron chi connectivity index (χ3n) is 4.08. The second-order valence-electron chi connectivity index (χ2n) is 6.00. The van der Waals surface area contributed by atoms with Crippen LogP contribution in [0.5, 0.6) is 0 Å². The molecule has 0 aliphatic carbocycles. The van der Waals surface area contributed by atoms with Crippen LogP contribution >= 0.6 is 23.2 Å². The van der Waals surface area contributed by atoms with Gasteiger partial charge in [0.2, 0.25) is 0 Å². The number of aromatic nitrogens is 2. The maximum atomic E-state index is 12.4. The standard InChI is InChI=1S/C21H18Cl2N3O/c1-15(21(27)25-8-3-10-26-11-9-24-14-26)16-4-2-5-17(12-16)19-7-6-18(22)13-20(19)23/h2,5-7,9,11-14H,1,3,8,10H2,(H,25,27). The summed E-state index contributed by atoms with van der Waals surface area (Å²) in [7, 11) is 0. The lowest BCUT2D eigenvalue weighted by molar-refractivity contribution is -0.115. The van der Waals surface area contributed by atoms with Crippen LogP contribution in [0.15, 0.2) is 61.7 Å². The highest BCUT2D eigenvalue weighted by Gasteiger charge is 2.11. The first-order valence-electron chi connectivity index (χ1n) is 8.45. The fourth-order valence-corrected chi connectivity index (χ4v) is 3.16. The van der Waals surface area contributed by atoms with Crippen molar-refractivity contribution >= 4 is 34.7 Å². The Kier molecular flexibility index (Phi) is 6.32. The molecule has 1 N–H and O–H groups in total. The van der Waals surface area contributed by atoms with Crippen molar-refractivity contribution in [1.29, 1.82) is 0 Å². The van der Waals surface area contributed by atoms with Crippen molar-refractivity contribution in [3.63, 3.8) is 0 Å². The summed E-state index contributed by atoms with van der Waals surface area (Å²) in [5, 5.41) is 4.01. The molecule has 0 aliphatic rings. The largest absolute Gasteiger partial charge is 0.352 e. The SMILES string of the molecule is C=C(C(=O)NCCCn1ccnc1)c1[c]ccc(-c2ccc(Cl)cc2Cl)c1. The van der Waals surface area contributed by atoms with Crippen LogP contribution in [0.4, 0.5) is 0 Å². The zero-order valence-electron chi connectivity index (χ0n) is 14.6. The number of aryl methyl sites for hydroxylation is 1. The van der Waals surface area contributed by atoms with Gasteiger partial charge in [-0.2, -0.15) is 0 Å². The van der Waals surface area contributed by atoms with Gasteiger partial charge in [0.25, 0.3) is 5.91 Å². The van der Waals surface area contributed by atoms with Crippen LogP contribution in [-0.2, 0) is 11.3 Å². The van der Waals surface area contributed by atoms with Gasteiger partial charge >= 0.3 is 0 Å². The molecule has 137 valence electrons. The first kappa shape index (κ1) is 19.2. The summed E-state index contributed by atoms with van der Waals surface area (Å²) in [4.78, 5) is 16.4. The van der Waals surface area contributed by atoms with Crippen LogP contribution in [0, 0.1) is 6.07 Å². The van der Waals surface area contributed by atoms with E-state index in [-0.39, 0.29) is 5.91 Å². The zero-order valence-corrected chi connectivity index (χ0v) is 16.1. The predicted octanol–water partition coefficient (Wildman–Crippen LogP) is 4.88. The van der Waals surface area contributed by atoms with Crippen LogP contribution in [0.1, 0.15) is 12.0 Å². The second-order valence-corrected chi connectivity index (χ2v) is 6.85. The third-order valence-corrected chi connectivity index (χ3v) is 4.63. The first-order chi connectivity index (χ1) is 13.0. The quantitative estimate of drug-likeness (QED) is 0.455. The van der Waals surface area contributed by atoms with Crippen LogP contribution in [0.2, 0.25) is 10.0 Å². The zero-order chi connectivity index (χ0) is 19.2. The minimum atomic E-state index is -0.212. The number of nitrogens with one attached hydrogen (secondary N) is 1. The summed E-state index contributed by atoms with van der Waals surface area (Å²) >= 11 is 12.2. The van der Waals surface area contributed by atoms with Crippen LogP contribution in [0.25, 0.3) is 16.7 Å². The molecule has 1 heterocycles. The summed E-state index contributed by atoms with van der Waals surface area (Å²) in [6, 6.07) is 13.9. The van der Waals surface area contributed by atoms with Gasteiger partial charge in [-0.3, -0.25) is 4.79 Å². The van der Waals surface area contributed by atoms with Gasteiger partial charge in [-0.1, -0.05) is 48.0 Å². The second kappa shape index (κ2) is 8.89.